The number of aromatic nitrogens is 4. The minimum atomic E-state index is -2.47. The van der Waals surface area contributed by atoms with Crippen LogP contribution in [0.3, 0.4) is 0 Å². The normalized spacial score (nSPS) is 10.9. The lowest BCUT2D eigenvalue weighted by atomic mass is 10.3. The molecule has 10 heteroatoms. The van der Waals surface area contributed by atoms with Gasteiger partial charge in [-0.15, -0.1) is 5.10 Å². The summed E-state index contributed by atoms with van der Waals surface area (Å²) in [6.45, 7) is 0. The lowest BCUT2D eigenvalue weighted by molar-refractivity contribution is -0.113. The third-order valence-electron chi connectivity index (χ3n) is 3.11. The Hall–Kier alpha value is -2.46. The molecule has 0 fully saturated rings. The van der Waals surface area contributed by atoms with Crippen molar-refractivity contribution in [2.45, 2.75) is 15.8 Å². The number of nitrogens with one attached hydrogen (secondary N) is 2. The molecule has 0 spiro atoms. The Bertz CT molecular complexity index is 859. The Morgan fingerprint density at radius 2 is 1.88 bits per heavy atom. The highest BCUT2D eigenvalue weighted by Crippen LogP contribution is 2.26. The number of benzene rings is 1. The van der Waals surface area contributed by atoms with E-state index >= 15 is 0 Å². The molecule has 134 valence electrons. The molecule has 0 saturated heterocycles. The predicted molar refractivity (Wildman–Crippen MR) is 97.3 cm³/mol. The molecule has 0 unspecified atom stereocenters. The first-order chi connectivity index (χ1) is 12.6. The molecule has 0 radical (unpaired) electrons. The number of H-pyrrole nitrogens is 1. The maximum Gasteiger partial charge on any atom is 0.288 e. The van der Waals surface area contributed by atoms with E-state index in [0.29, 0.717) is 33.3 Å². The number of carbonyl (C=O) groups is 1. The van der Waals surface area contributed by atoms with Gasteiger partial charge in [0.2, 0.25) is 11.1 Å². The fraction of sp³-hybridized carbons (Fsp3) is 0.125. The zero-order chi connectivity index (χ0) is 18.4. The van der Waals surface area contributed by atoms with Gasteiger partial charge in [0, 0.05) is 28.5 Å². The van der Waals surface area contributed by atoms with E-state index in [0.717, 1.165) is 5.56 Å². The number of nitrogens with zero attached hydrogens (tertiary/aromatic N) is 3. The SMILES string of the molecule is O=C(CSc1n[nH]c(-c2ccncc2)n1)Nc1ccc(SC(F)F)cc1. The van der Waals surface area contributed by atoms with Crippen molar-refractivity contribution in [2.75, 3.05) is 11.1 Å². The van der Waals surface area contributed by atoms with Crippen LogP contribution in [0.4, 0.5) is 14.5 Å². The second-order valence-electron chi connectivity index (χ2n) is 4.94. The second kappa shape index (κ2) is 8.77. The number of halogens is 2. The molecule has 3 rings (SSSR count). The highest BCUT2D eigenvalue weighted by atomic mass is 32.2. The van der Waals surface area contributed by atoms with Crippen LogP contribution in [0, 0.1) is 0 Å². The van der Waals surface area contributed by atoms with Gasteiger partial charge in [0.15, 0.2) is 5.82 Å². The van der Waals surface area contributed by atoms with E-state index in [4.69, 9.17) is 0 Å². The molecule has 0 atom stereocenters. The van der Waals surface area contributed by atoms with Crippen LogP contribution in [0.15, 0.2) is 58.8 Å². The van der Waals surface area contributed by atoms with Gasteiger partial charge in [-0.2, -0.15) is 8.78 Å². The summed E-state index contributed by atoms with van der Waals surface area (Å²) >= 11 is 1.65. The molecular weight excluding hydrogens is 380 g/mol. The van der Waals surface area contributed by atoms with E-state index in [9.17, 15) is 13.6 Å². The number of pyridine rings is 1. The Labute approximate surface area is 156 Å². The van der Waals surface area contributed by atoms with Crippen LogP contribution in [0.5, 0.6) is 0 Å². The Morgan fingerprint density at radius 1 is 1.15 bits per heavy atom. The first-order valence-corrected chi connectivity index (χ1v) is 9.27. The summed E-state index contributed by atoms with van der Waals surface area (Å²) in [6.07, 6.45) is 3.31. The van der Waals surface area contributed by atoms with Gasteiger partial charge < -0.3 is 5.32 Å². The maximum absolute atomic E-state index is 12.3. The zero-order valence-corrected chi connectivity index (χ0v) is 14.9. The fourth-order valence-corrected chi connectivity index (χ4v) is 3.09. The van der Waals surface area contributed by atoms with E-state index < -0.39 is 5.76 Å². The van der Waals surface area contributed by atoms with E-state index in [1.54, 1.807) is 36.7 Å². The van der Waals surface area contributed by atoms with Gasteiger partial charge in [-0.25, -0.2) is 4.98 Å². The highest BCUT2D eigenvalue weighted by Gasteiger charge is 2.10. The van der Waals surface area contributed by atoms with Crippen LogP contribution in [0.25, 0.3) is 11.4 Å². The number of aromatic amines is 1. The quantitative estimate of drug-likeness (QED) is 0.592. The summed E-state index contributed by atoms with van der Waals surface area (Å²) in [5, 5.41) is 10.0. The Morgan fingerprint density at radius 3 is 2.58 bits per heavy atom. The topological polar surface area (TPSA) is 83.6 Å². The molecule has 0 aliphatic heterocycles. The van der Waals surface area contributed by atoms with E-state index in [-0.39, 0.29) is 11.7 Å². The summed E-state index contributed by atoms with van der Waals surface area (Å²) in [5.41, 5.74) is 1.40. The summed E-state index contributed by atoms with van der Waals surface area (Å²) in [6, 6.07) is 9.85. The van der Waals surface area contributed by atoms with Gasteiger partial charge in [-0.3, -0.25) is 14.9 Å². The standard InChI is InChI=1S/C16H13F2N5OS2/c17-15(18)26-12-3-1-11(2-4-12)20-13(24)9-25-16-21-14(22-23-16)10-5-7-19-8-6-10/h1-8,15H,9H2,(H,20,24)(H,21,22,23). The van der Waals surface area contributed by atoms with Crippen molar-refractivity contribution in [1.29, 1.82) is 0 Å². The van der Waals surface area contributed by atoms with E-state index in [1.165, 1.54) is 23.9 Å². The molecule has 1 amide bonds. The molecule has 0 aliphatic carbocycles. The third-order valence-corrected chi connectivity index (χ3v) is 4.68. The van der Waals surface area contributed by atoms with Gasteiger partial charge >= 0.3 is 0 Å². The van der Waals surface area contributed by atoms with Crippen molar-refractivity contribution in [3.63, 3.8) is 0 Å². The van der Waals surface area contributed by atoms with Crippen molar-refractivity contribution >= 4 is 35.1 Å². The first kappa shape index (κ1) is 18.3. The van der Waals surface area contributed by atoms with Crippen molar-refractivity contribution in [3.8, 4) is 11.4 Å². The molecule has 26 heavy (non-hydrogen) atoms. The van der Waals surface area contributed by atoms with E-state index in [2.05, 4.69) is 25.5 Å². The Kier molecular flexibility index (Phi) is 6.18. The fourth-order valence-electron chi connectivity index (χ4n) is 2.00. The molecule has 2 aromatic heterocycles. The molecule has 6 nitrogen and oxygen atoms in total. The smallest absolute Gasteiger partial charge is 0.288 e. The number of thioether (sulfide) groups is 2. The Balaban J connectivity index is 1.50. The van der Waals surface area contributed by atoms with Gasteiger partial charge in [0.25, 0.3) is 5.76 Å². The third kappa shape index (κ3) is 5.27. The predicted octanol–water partition coefficient (Wildman–Crippen LogP) is 3.91. The number of hydrogen-bond donors (Lipinski definition) is 2. The number of amides is 1. The minimum Gasteiger partial charge on any atom is -0.325 e. The number of carbonyl (C=O) groups excluding carboxylic acids is 1. The van der Waals surface area contributed by atoms with Gasteiger partial charge in [0.05, 0.1) is 5.75 Å². The molecule has 0 bridgehead atoms. The van der Waals surface area contributed by atoms with Gasteiger partial charge in [0.1, 0.15) is 0 Å². The number of hydrogen-bond acceptors (Lipinski definition) is 6. The lowest BCUT2D eigenvalue weighted by Crippen LogP contribution is -2.14. The molecule has 3 aromatic rings. The second-order valence-corrected chi connectivity index (χ2v) is 6.95. The van der Waals surface area contributed by atoms with Gasteiger partial charge in [-0.05, 0) is 36.4 Å². The van der Waals surface area contributed by atoms with Crippen LogP contribution in [-0.2, 0) is 4.79 Å². The largest absolute Gasteiger partial charge is 0.325 e. The van der Waals surface area contributed by atoms with Crippen LogP contribution >= 0.6 is 23.5 Å². The summed E-state index contributed by atoms with van der Waals surface area (Å²) < 4.78 is 24.6. The number of rotatable bonds is 7. The van der Waals surface area contributed by atoms with Crippen LogP contribution in [0.2, 0.25) is 0 Å². The lowest BCUT2D eigenvalue weighted by Gasteiger charge is -2.05. The monoisotopic (exact) mass is 393 g/mol. The summed E-state index contributed by atoms with van der Waals surface area (Å²) in [7, 11) is 0. The molecule has 1 aromatic carbocycles. The summed E-state index contributed by atoms with van der Waals surface area (Å²) in [4.78, 5) is 20.7. The first-order valence-electron chi connectivity index (χ1n) is 7.40. The highest BCUT2D eigenvalue weighted by molar-refractivity contribution is 8.00. The van der Waals surface area contributed by atoms with Gasteiger partial charge in [-0.1, -0.05) is 23.5 Å². The van der Waals surface area contributed by atoms with Crippen molar-refractivity contribution in [3.05, 3.63) is 48.8 Å². The van der Waals surface area contributed by atoms with Crippen molar-refractivity contribution in [2.24, 2.45) is 0 Å². The van der Waals surface area contributed by atoms with Crippen molar-refractivity contribution in [1.82, 2.24) is 20.2 Å². The van der Waals surface area contributed by atoms with Crippen LogP contribution in [0.1, 0.15) is 0 Å². The zero-order valence-electron chi connectivity index (χ0n) is 13.2. The average molecular weight is 393 g/mol. The average Bonchev–Trinajstić information content (AvgIpc) is 3.11. The molecule has 2 N–H and O–H groups in total. The summed E-state index contributed by atoms with van der Waals surface area (Å²) in [5.74, 6) is -1.98. The van der Waals surface area contributed by atoms with Crippen molar-refractivity contribution < 1.29 is 13.6 Å². The molecular formula is C16H13F2N5OS2. The maximum atomic E-state index is 12.3. The molecule has 0 saturated carbocycles. The minimum absolute atomic E-state index is 0.126. The number of alkyl halides is 2. The van der Waals surface area contributed by atoms with Crippen LogP contribution in [-0.4, -0.2) is 37.6 Å². The molecule has 0 aliphatic rings. The van der Waals surface area contributed by atoms with Crippen LogP contribution < -0.4 is 5.32 Å². The van der Waals surface area contributed by atoms with E-state index in [1.807, 2.05) is 0 Å². The molecule has 2 heterocycles. The number of anilines is 1.